The predicted octanol–water partition coefficient (Wildman–Crippen LogP) is -2.86. The highest BCUT2D eigenvalue weighted by Crippen LogP contribution is 2.25. The number of primary amides is 2. The molecule has 0 bridgehead atoms. The van der Waals surface area contributed by atoms with Crippen molar-refractivity contribution in [3.05, 3.63) is 17.2 Å². The number of aromatic nitrogens is 1. The van der Waals surface area contributed by atoms with Gasteiger partial charge in [-0.1, -0.05) is 0 Å². The van der Waals surface area contributed by atoms with Crippen LogP contribution in [0.2, 0.25) is 0 Å². The van der Waals surface area contributed by atoms with Crippen LogP contribution in [0.4, 0.5) is 5.82 Å². The summed E-state index contributed by atoms with van der Waals surface area (Å²) in [6, 6.07) is 1.14. The SMILES string of the molecule is COc1nc(N[C@@H]2OC[C@@H](O)[C@H](O)[C@H]2O)cc(C(N)=O)c1C(N)=O. The first-order chi connectivity index (χ1) is 11.3. The number of methoxy groups -OCH3 is 1. The maximum Gasteiger partial charge on any atom is 0.255 e. The molecular weight excluding hydrogens is 324 g/mol. The number of aliphatic hydroxyl groups excluding tert-OH is 3. The topological polar surface area (TPSA) is 190 Å². The predicted molar refractivity (Wildman–Crippen MR) is 79.2 cm³/mol. The largest absolute Gasteiger partial charge is 0.480 e. The van der Waals surface area contributed by atoms with E-state index in [0.29, 0.717) is 0 Å². The highest BCUT2D eigenvalue weighted by molar-refractivity contribution is 6.08. The monoisotopic (exact) mass is 342 g/mol. The first-order valence-electron chi connectivity index (χ1n) is 6.87. The Morgan fingerprint density at radius 3 is 2.50 bits per heavy atom. The summed E-state index contributed by atoms with van der Waals surface area (Å²) in [5.74, 6) is -2.15. The lowest BCUT2D eigenvalue weighted by Crippen LogP contribution is -2.55. The van der Waals surface area contributed by atoms with Crippen molar-refractivity contribution >= 4 is 17.6 Å². The van der Waals surface area contributed by atoms with Gasteiger partial charge in [0.1, 0.15) is 29.7 Å². The van der Waals surface area contributed by atoms with Crippen molar-refractivity contribution in [1.29, 1.82) is 0 Å². The van der Waals surface area contributed by atoms with E-state index in [0.717, 1.165) is 6.07 Å². The zero-order valence-electron chi connectivity index (χ0n) is 12.7. The Balaban J connectivity index is 2.36. The van der Waals surface area contributed by atoms with E-state index in [1.165, 1.54) is 7.11 Å². The van der Waals surface area contributed by atoms with Gasteiger partial charge in [0.05, 0.1) is 19.3 Å². The third-order valence-corrected chi connectivity index (χ3v) is 3.48. The van der Waals surface area contributed by atoms with Gasteiger partial charge in [-0.15, -0.1) is 0 Å². The van der Waals surface area contributed by atoms with Gasteiger partial charge in [0.15, 0.2) is 6.23 Å². The van der Waals surface area contributed by atoms with Crippen molar-refractivity contribution in [2.45, 2.75) is 24.5 Å². The number of carbonyl (C=O) groups is 2. The molecule has 1 aliphatic rings. The number of anilines is 1. The minimum absolute atomic E-state index is 0.0155. The number of nitrogens with zero attached hydrogens (tertiary/aromatic N) is 1. The first kappa shape index (κ1) is 17.9. The Morgan fingerprint density at radius 1 is 1.29 bits per heavy atom. The standard InChI is InChI=1S/C13H18N4O7/c1-23-12-7(11(15)22)4(10(14)21)2-6(16-12)17-13-9(20)8(19)5(18)3-24-13/h2,5,8-9,13,18-20H,3H2,1H3,(H2,14,21)(H2,15,22)(H,16,17)/t5-,8+,9-,13-/m1/s1. The Hall–Kier alpha value is -2.47. The molecule has 11 heteroatoms. The average Bonchev–Trinajstić information content (AvgIpc) is 2.54. The molecule has 8 N–H and O–H groups in total. The fourth-order valence-electron chi connectivity index (χ4n) is 2.25. The van der Waals surface area contributed by atoms with E-state index < -0.39 is 36.4 Å². The van der Waals surface area contributed by atoms with Crippen LogP contribution in [0.25, 0.3) is 0 Å². The highest BCUT2D eigenvalue weighted by Gasteiger charge is 2.38. The molecule has 24 heavy (non-hydrogen) atoms. The number of aliphatic hydroxyl groups is 3. The fraction of sp³-hybridized carbons (Fsp3) is 0.462. The van der Waals surface area contributed by atoms with Crippen LogP contribution >= 0.6 is 0 Å². The molecule has 1 aliphatic heterocycles. The summed E-state index contributed by atoms with van der Waals surface area (Å²) in [6.45, 7) is -0.227. The normalized spacial score (nSPS) is 26.7. The number of amides is 2. The minimum Gasteiger partial charge on any atom is -0.480 e. The van der Waals surface area contributed by atoms with Gasteiger partial charge in [-0.2, -0.15) is 4.98 Å². The van der Waals surface area contributed by atoms with Gasteiger partial charge in [-0.25, -0.2) is 0 Å². The number of ether oxygens (including phenoxy) is 2. The molecule has 0 spiro atoms. The molecule has 1 aromatic heterocycles. The third kappa shape index (κ3) is 3.38. The Labute approximate surface area is 136 Å². The molecule has 0 saturated carbocycles. The van der Waals surface area contributed by atoms with Crippen LogP contribution in [0.3, 0.4) is 0 Å². The van der Waals surface area contributed by atoms with Gasteiger partial charge in [-0.3, -0.25) is 9.59 Å². The Morgan fingerprint density at radius 2 is 1.96 bits per heavy atom. The maximum absolute atomic E-state index is 11.5. The van der Waals surface area contributed by atoms with E-state index in [4.69, 9.17) is 20.9 Å². The van der Waals surface area contributed by atoms with E-state index in [1.54, 1.807) is 0 Å². The zero-order chi connectivity index (χ0) is 18.0. The number of hydrogen-bond donors (Lipinski definition) is 6. The number of nitrogens with two attached hydrogens (primary N) is 2. The molecule has 0 radical (unpaired) electrons. The van der Waals surface area contributed by atoms with Gasteiger partial charge in [0.25, 0.3) is 5.91 Å². The molecule has 0 aliphatic carbocycles. The molecular formula is C13H18N4O7. The van der Waals surface area contributed by atoms with Crippen molar-refractivity contribution < 1.29 is 34.4 Å². The third-order valence-electron chi connectivity index (χ3n) is 3.48. The van der Waals surface area contributed by atoms with E-state index in [1.807, 2.05) is 0 Å². The quantitative estimate of drug-likeness (QED) is 0.326. The summed E-state index contributed by atoms with van der Waals surface area (Å²) < 4.78 is 10.1. The molecule has 1 aromatic rings. The average molecular weight is 342 g/mol. The fourth-order valence-corrected chi connectivity index (χ4v) is 2.25. The Kier molecular flexibility index (Phi) is 5.19. The van der Waals surface area contributed by atoms with Gasteiger partial charge in [0.2, 0.25) is 11.8 Å². The molecule has 132 valence electrons. The number of rotatable bonds is 5. The van der Waals surface area contributed by atoms with E-state index in [2.05, 4.69) is 10.3 Å². The molecule has 1 saturated heterocycles. The number of pyridine rings is 1. The Bertz CT molecular complexity index is 653. The molecule has 2 heterocycles. The van der Waals surface area contributed by atoms with Crippen molar-refractivity contribution in [1.82, 2.24) is 4.98 Å². The summed E-state index contributed by atoms with van der Waals surface area (Å²) in [6.07, 6.45) is -5.26. The summed E-state index contributed by atoms with van der Waals surface area (Å²) in [7, 11) is 1.22. The summed E-state index contributed by atoms with van der Waals surface area (Å²) in [5, 5.41) is 31.6. The van der Waals surface area contributed by atoms with Gasteiger partial charge >= 0.3 is 0 Å². The lowest BCUT2D eigenvalue weighted by Gasteiger charge is -2.35. The number of nitrogens with one attached hydrogen (secondary N) is 1. The van der Waals surface area contributed by atoms with Crippen LogP contribution in [0.15, 0.2) is 6.07 Å². The van der Waals surface area contributed by atoms with Crippen LogP contribution in [0, 0.1) is 0 Å². The van der Waals surface area contributed by atoms with Crippen molar-refractivity contribution in [3.8, 4) is 5.88 Å². The molecule has 0 unspecified atom stereocenters. The summed E-state index contributed by atoms with van der Waals surface area (Å²) in [5.41, 5.74) is 9.93. The zero-order valence-corrected chi connectivity index (χ0v) is 12.7. The van der Waals surface area contributed by atoms with Crippen molar-refractivity contribution in [3.63, 3.8) is 0 Å². The smallest absolute Gasteiger partial charge is 0.255 e. The molecule has 11 nitrogen and oxygen atoms in total. The van der Waals surface area contributed by atoms with Crippen LogP contribution in [0.5, 0.6) is 5.88 Å². The lowest BCUT2D eigenvalue weighted by atomic mass is 10.0. The molecule has 2 rings (SSSR count). The van der Waals surface area contributed by atoms with Crippen LogP contribution in [-0.4, -0.2) is 70.4 Å². The summed E-state index contributed by atoms with van der Waals surface area (Å²) in [4.78, 5) is 27.0. The maximum atomic E-state index is 11.5. The summed E-state index contributed by atoms with van der Waals surface area (Å²) >= 11 is 0. The van der Waals surface area contributed by atoms with E-state index >= 15 is 0 Å². The second-order valence-electron chi connectivity index (χ2n) is 5.11. The highest BCUT2D eigenvalue weighted by atomic mass is 16.5. The number of carbonyl (C=O) groups excluding carboxylic acids is 2. The first-order valence-corrected chi connectivity index (χ1v) is 6.87. The van der Waals surface area contributed by atoms with Crippen molar-refractivity contribution in [2.75, 3.05) is 19.0 Å². The molecule has 1 fully saturated rings. The van der Waals surface area contributed by atoms with Gasteiger partial charge < -0.3 is 41.6 Å². The van der Waals surface area contributed by atoms with Crippen LogP contribution < -0.4 is 21.5 Å². The van der Waals surface area contributed by atoms with E-state index in [9.17, 15) is 24.9 Å². The van der Waals surface area contributed by atoms with Gasteiger partial charge in [0, 0.05) is 0 Å². The molecule has 2 amide bonds. The second kappa shape index (κ2) is 6.97. The van der Waals surface area contributed by atoms with Crippen LogP contribution in [-0.2, 0) is 4.74 Å². The van der Waals surface area contributed by atoms with Crippen LogP contribution in [0.1, 0.15) is 20.7 Å². The molecule has 0 aromatic carbocycles. The second-order valence-corrected chi connectivity index (χ2v) is 5.11. The van der Waals surface area contributed by atoms with Gasteiger partial charge in [-0.05, 0) is 6.07 Å². The molecule has 4 atom stereocenters. The lowest BCUT2D eigenvalue weighted by molar-refractivity contribution is -0.178. The van der Waals surface area contributed by atoms with E-state index in [-0.39, 0.29) is 29.4 Å². The minimum atomic E-state index is -1.46. The number of hydrogen-bond acceptors (Lipinski definition) is 9. The van der Waals surface area contributed by atoms with Crippen molar-refractivity contribution in [2.24, 2.45) is 11.5 Å².